The summed E-state index contributed by atoms with van der Waals surface area (Å²) in [7, 11) is 1.60. The van der Waals surface area contributed by atoms with Crippen molar-refractivity contribution in [3.63, 3.8) is 0 Å². The maximum atomic E-state index is 12.4. The van der Waals surface area contributed by atoms with Gasteiger partial charge < -0.3 is 20.1 Å². The van der Waals surface area contributed by atoms with Crippen LogP contribution in [0, 0.1) is 6.92 Å². The van der Waals surface area contributed by atoms with Gasteiger partial charge in [-0.1, -0.05) is 29.8 Å². The summed E-state index contributed by atoms with van der Waals surface area (Å²) >= 11 is 0. The van der Waals surface area contributed by atoms with Gasteiger partial charge in [0.15, 0.2) is 0 Å². The molecule has 0 radical (unpaired) electrons. The summed E-state index contributed by atoms with van der Waals surface area (Å²) in [6.07, 6.45) is 0. The minimum Gasteiger partial charge on any atom is -0.496 e. The number of rotatable bonds is 8. The molecular formula is C21H26N2O4. The number of nitrogens with one attached hydrogen (secondary N) is 2. The molecule has 0 heterocycles. The number of hydrogen-bond donors (Lipinski definition) is 2. The van der Waals surface area contributed by atoms with Gasteiger partial charge >= 0.3 is 0 Å². The third-order valence-corrected chi connectivity index (χ3v) is 4.07. The molecule has 0 aromatic heterocycles. The van der Waals surface area contributed by atoms with Gasteiger partial charge in [0, 0.05) is 5.56 Å². The molecule has 0 aliphatic rings. The number of carbonyl (C=O) groups is 2. The molecule has 2 aromatic rings. The largest absolute Gasteiger partial charge is 0.496 e. The molecule has 6 heteroatoms. The van der Waals surface area contributed by atoms with Gasteiger partial charge in [0.05, 0.1) is 31.9 Å². The number of para-hydroxylation sites is 1. The lowest BCUT2D eigenvalue weighted by molar-refractivity contribution is -0.120. The number of benzene rings is 2. The Hall–Kier alpha value is -3.02. The summed E-state index contributed by atoms with van der Waals surface area (Å²) in [5.41, 5.74) is 2.37. The van der Waals surface area contributed by atoms with Gasteiger partial charge in [-0.3, -0.25) is 9.59 Å². The first-order chi connectivity index (χ1) is 13.0. The molecule has 2 amide bonds. The van der Waals surface area contributed by atoms with E-state index < -0.39 is 0 Å². The van der Waals surface area contributed by atoms with E-state index in [2.05, 4.69) is 10.6 Å². The minimum absolute atomic E-state index is 0.127. The molecular weight excluding hydrogens is 344 g/mol. The lowest BCUT2D eigenvalue weighted by Crippen LogP contribution is -2.38. The molecule has 2 N–H and O–H groups in total. The average molecular weight is 370 g/mol. The number of carbonyl (C=O) groups excluding carboxylic acids is 2. The fourth-order valence-electron chi connectivity index (χ4n) is 2.75. The first kappa shape index (κ1) is 20.3. The van der Waals surface area contributed by atoms with E-state index in [-0.39, 0.29) is 24.4 Å². The van der Waals surface area contributed by atoms with Gasteiger partial charge in [-0.2, -0.15) is 0 Å². The smallest absolute Gasteiger partial charge is 0.255 e. The Morgan fingerprint density at radius 2 is 1.85 bits per heavy atom. The van der Waals surface area contributed by atoms with E-state index in [0.717, 1.165) is 11.1 Å². The second-order valence-electron chi connectivity index (χ2n) is 6.15. The van der Waals surface area contributed by atoms with E-state index in [1.165, 1.54) is 0 Å². The zero-order valence-electron chi connectivity index (χ0n) is 16.2. The highest BCUT2D eigenvalue weighted by Crippen LogP contribution is 2.26. The average Bonchev–Trinajstić information content (AvgIpc) is 2.66. The molecule has 0 saturated carbocycles. The summed E-state index contributed by atoms with van der Waals surface area (Å²) in [5.74, 6) is 0.571. The number of aryl methyl sites for hydroxylation is 1. The summed E-state index contributed by atoms with van der Waals surface area (Å²) in [4.78, 5) is 24.6. The van der Waals surface area contributed by atoms with Crippen LogP contribution >= 0.6 is 0 Å². The lowest BCUT2D eigenvalue weighted by Gasteiger charge is -2.18. The Labute approximate surface area is 159 Å². The molecule has 0 bridgehead atoms. The summed E-state index contributed by atoms with van der Waals surface area (Å²) in [6, 6.07) is 12.5. The lowest BCUT2D eigenvalue weighted by atomic mass is 10.0. The zero-order chi connectivity index (χ0) is 19.8. The van der Waals surface area contributed by atoms with Crippen molar-refractivity contribution in [3.8, 4) is 11.5 Å². The van der Waals surface area contributed by atoms with Crippen LogP contribution < -0.4 is 20.1 Å². The summed E-state index contributed by atoms with van der Waals surface area (Å²) in [5, 5.41) is 5.51. The predicted molar refractivity (Wildman–Crippen MR) is 104 cm³/mol. The van der Waals surface area contributed by atoms with Crippen molar-refractivity contribution in [2.75, 3.05) is 20.3 Å². The summed E-state index contributed by atoms with van der Waals surface area (Å²) in [6.45, 7) is 6.04. The molecule has 144 valence electrons. The Kier molecular flexibility index (Phi) is 7.23. The third kappa shape index (κ3) is 5.48. The Bertz CT molecular complexity index is 805. The van der Waals surface area contributed by atoms with Crippen molar-refractivity contribution in [3.05, 3.63) is 59.2 Å². The van der Waals surface area contributed by atoms with E-state index in [1.807, 2.05) is 39.0 Å². The SMILES string of the molecule is CCOc1ccccc1C(=O)NCC(=O)N[C@H](C)c1cc(C)ccc1OC. The van der Waals surface area contributed by atoms with Crippen molar-refractivity contribution < 1.29 is 19.1 Å². The Morgan fingerprint density at radius 3 is 2.56 bits per heavy atom. The Morgan fingerprint density at radius 1 is 1.11 bits per heavy atom. The third-order valence-electron chi connectivity index (χ3n) is 4.07. The van der Waals surface area contributed by atoms with Gasteiger partial charge in [0.2, 0.25) is 5.91 Å². The van der Waals surface area contributed by atoms with E-state index in [4.69, 9.17) is 9.47 Å². The van der Waals surface area contributed by atoms with Crippen LogP contribution in [-0.4, -0.2) is 32.1 Å². The molecule has 0 aliphatic carbocycles. The van der Waals surface area contributed by atoms with Gasteiger partial charge in [0.25, 0.3) is 5.91 Å². The van der Waals surface area contributed by atoms with E-state index in [1.54, 1.807) is 31.4 Å². The summed E-state index contributed by atoms with van der Waals surface area (Å²) < 4.78 is 10.8. The van der Waals surface area contributed by atoms with Crippen LogP contribution in [0.15, 0.2) is 42.5 Å². The Balaban J connectivity index is 1.96. The van der Waals surface area contributed by atoms with Crippen LogP contribution in [-0.2, 0) is 4.79 Å². The molecule has 0 aliphatic heterocycles. The highest BCUT2D eigenvalue weighted by atomic mass is 16.5. The quantitative estimate of drug-likeness (QED) is 0.749. The fourth-order valence-corrected chi connectivity index (χ4v) is 2.75. The molecule has 2 aromatic carbocycles. The fraction of sp³-hybridized carbons (Fsp3) is 0.333. The number of methoxy groups -OCH3 is 1. The molecule has 0 unspecified atom stereocenters. The normalized spacial score (nSPS) is 11.4. The van der Waals surface area contributed by atoms with E-state index in [9.17, 15) is 9.59 Å². The predicted octanol–water partition coefficient (Wildman–Crippen LogP) is 3.01. The van der Waals surface area contributed by atoms with Crippen molar-refractivity contribution in [2.45, 2.75) is 26.8 Å². The van der Waals surface area contributed by atoms with Crippen LogP contribution in [0.2, 0.25) is 0 Å². The highest BCUT2D eigenvalue weighted by Gasteiger charge is 2.16. The number of amides is 2. The van der Waals surface area contributed by atoms with Crippen molar-refractivity contribution in [1.82, 2.24) is 10.6 Å². The second kappa shape index (κ2) is 9.62. The maximum Gasteiger partial charge on any atom is 0.255 e. The second-order valence-corrected chi connectivity index (χ2v) is 6.15. The molecule has 0 saturated heterocycles. The molecule has 1 atom stereocenters. The number of hydrogen-bond acceptors (Lipinski definition) is 4. The van der Waals surface area contributed by atoms with Gasteiger partial charge in [-0.05, 0) is 39.0 Å². The van der Waals surface area contributed by atoms with Gasteiger partial charge in [-0.15, -0.1) is 0 Å². The van der Waals surface area contributed by atoms with Crippen molar-refractivity contribution >= 4 is 11.8 Å². The number of ether oxygens (including phenoxy) is 2. The van der Waals surface area contributed by atoms with Crippen LogP contribution in [0.1, 0.15) is 41.4 Å². The maximum absolute atomic E-state index is 12.4. The first-order valence-corrected chi connectivity index (χ1v) is 8.90. The molecule has 27 heavy (non-hydrogen) atoms. The van der Waals surface area contributed by atoms with Gasteiger partial charge in [0.1, 0.15) is 11.5 Å². The van der Waals surface area contributed by atoms with Crippen molar-refractivity contribution in [1.29, 1.82) is 0 Å². The zero-order valence-corrected chi connectivity index (χ0v) is 16.2. The monoisotopic (exact) mass is 370 g/mol. The van der Waals surface area contributed by atoms with Crippen LogP contribution in [0.3, 0.4) is 0 Å². The molecule has 0 fully saturated rings. The highest BCUT2D eigenvalue weighted by molar-refractivity contribution is 5.98. The van der Waals surface area contributed by atoms with Crippen LogP contribution in [0.4, 0.5) is 0 Å². The minimum atomic E-state index is -0.352. The van der Waals surface area contributed by atoms with Crippen LogP contribution in [0.25, 0.3) is 0 Å². The molecule has 6 nitrogen and oxygen atoms in total. The van der Waals surface area contributed by atoms with E-state index >= 15 is 0 Å². The van der Waals surface area contributed by atoms with E-state index in [0.29, 0.717) is 23.7 Å². The standard InChI is InChI=1S/C21H26N2O4/c1-5-27-19-9-7-6-8-16(19)21(25)22-13-20(24)23-15(3)17-12-14(2)10-11-18(17)26-4/h6-12,15H,5,13H2,1-4H3,(H,22,25)(H,23,24)/t15-/m1/s1. The van der Waals surface area contributed by atoms with Crippen LogP contribution in [0.5, 0.6) is 11.5 Å². The topological polar surface area (TPSA) is 76.7 Å². The first-order valence-electron chi connectivity index (χ1n) is 8.90. The van der Waals surface area contributed by atoms with Gasteiger partial charge in [-0.25, -0.2) is 0 Å². The molecule has 0 spiro atoms. The van der Waals surface area contributed by atoms with Crippen molar-refractivity contribution in [2.24, 2.45) is 0 Å². The molecule has 2 rings (SSSR count).